The van der Waals surface area contributed by atoms with Gasteiger partial charge in [-0.25, -0.2) is 0 Å². The van der Waals surface area contributed by atoms with Crippen molar-refractivity contribution in [2.24, 2.45) is 0 Å². The molecule has 0 aromatic heterocycles. The second-order valence-electron chi connectivity index (χ2n) is 7.77. The number of nitrogens with one attached hydrogen (secondary N) is 1. The number of carbonyl (C=O) groups is 2. The normalized spacial score (nSPS) is 11.6. The van der Waals surface area contributed by atoms with E-state index in [2.05, 4.69) is 5.32 Å². The lowest BCUT2D eigenvalue weighted by Crippen LogP contribution is -2.50. The Labute approximate surface area is 215 Å². The Kier molecular flexibility index (Phi) is 10.3. The Bertz CT molecular complexity index is 1080. The molecule has 0 saturated heterocycles. The topological polar surface area (TPSA) is 49.4 Å². The zero-order valence-corrected chi connectivity index (χ0v) is 21.4. The lowest BCUT2D eigenvalue weighted by atomic mass is 10.0. The fourth-order valence-corrected chi connectivity index (χ4v) is 4.93. The Morgan fingerprint density at radius 2 is 1.65 bits per heavy atom. The minimum absolute atomic E-state index is 0.0957. The van der Waals surface area contributed by atoms with E-state index in [4.69, 9.17) is 23.2 Å². The summed E-state index contributed by atoms with van der Waals surface area (Å²) < 4.78 is 0. The minimum atomic E-state index is -0.664. The molecular formula is C27H28Cl2N2O2S. The third kappa shape index (κ3) is 7.79. The third-order valence-electron chi connectivity index (χ3n) is 5.31. The van der Waals surface area contributed by atoms with Crippen molar-refractivity contribution in [3.63, 3.8) is 0 Å². The maximum Gasteiger partial charge on any atom is 0.243 e. The van der Waals surface area contributed by atoms with Crippen LogP contribution < -0.4 is 5.32 Å². The molecule has 3 aromatic rings. The van der Waals surface area contributed by atoms with Crippen LogP contribution in [0.4, 0.5) is 0 Å². The van der Waals surface area contributed by atoms with Crippen molar-refractivity contribution in [1.29, 1.82) is 0 Å². The molecule has 0 aliphatic carbocycles. The van der Waals surface area contributed by atoms with Crippen LogP contribution in [0.2, 0.25) is 10.0 Å². The summed E-state index contributed by atoms with van der Waals surface area (Å²) in [7, 11) is 0. The van der Waals surface area contributed by atoms with Crippen LogP contribution >= 0.6 is 35.0 Å². The van der Waals surface area contributed by atoms with Gasteiger partial charge in [-0.3, -0.25) is 9.59 Å². The number of nitrogens with zero attached hydrogens (tertiary/aromatic N) is 1. The number of hydrogen-bond acceptors (Lipinski definition) is 3. The number of halogens is 2. The highest BCUT2D eigenvalue weighted by molar-refractivity contribution is 7.99. The summed E-state index contributed by atoms with van der Waals surface area (Å²) in [4.78, 5) is 29.4. The minimum Gasteiger partial charge on any atom is -0.355 e. The van der Waals surface area contributed by atoms with E-state index >= 15 is 0 Å². The number of thioether (sulfide) groups is 1. The number of rotatable bonds is 11. The molecule has 0 aliphatic heterocycles. The largest absolute Gasteiger partial charge is 0.355 e. The molecular weight excluding hydrogens is 487 g/mol. The average molecular weight is 516 g/mol. The van der Waals surface area contributed by atoms with E-state index in [-0.39, 0.29) is 18.4 Å². The van der Waals surface area contributed by atoms with E-state index in [1.807, 2.05) is 67.6 Å². The first-order valence-electron chi connectivity index (χ1n) is 11.2. The van der Waals surface area contributed by atoms with Gasteiger partial charge < -0.3 is 10.2 Å². The molecule has 3 rings (SSSR count). The average Bonchev–Trinajstić information content (AvgIpc) is 2.84. The zero-order valence-electron chi connectivity index (χ0n) is 19.0. The first-order valence-corrected chi connectivity index (χ1v) is 12.9. The number of benzene rings is 3. The summed E-state index contributed by atoms with van der Waals surface area (Å²) in [5.41, 5.74) is 1.73. The van der Waals surface area contributed by atoms with Crippen LogP contribution in [-0.2, 0) is 22.6 Å². The van der Waals surface area contributed by atoms with Crippen LogP contribution in [-0.4, -0.2) is 35.1 Å². The third-order valence-corrected chi connectivity index (χ3v) is 6.91. The van der Waals surface area contributed by atoms with Gasteiger partial charge in [-0.2, -0.15) is 0 Å². The van der Waals surface area contributed by atoms with Gasteiger partial charge in [0.2, 0.25) is 11.8 Å². The van der Waals surface area contributed by atoms with Gasteiger partial charge in [0.25, 0.3) is 0 Å². The van der Waals surface area contributed by atoms with Crippen LogP contribution in [0, 0.1) is 0 Å². The lowest BCUT2D eigenvalue weighted by Gasteiger charge is -2.32. The highest BCUT2D eigenvalue weighted by Crippen LogP contribution is 2.25. The van der Waals surface area contributed by atoms with E-state index in [1.165, 1.54) is 0 Å². The summed E-state index contributed by atoms with van der Waals surface area (Å²) in [6, 6.07) is 24.2. The van der Waals surface area contributed by atoms with E-state index in [0.717, 1.165) is 16.0 Å². The molecule has 0 bridgehead atoms. The summed E-state index contributed by atoms with van der Waals surface area (Å²) in [6.07, 6.45) is 0.713. The molecule has 0 spiro atoms. The number of likely N-dealkylation sites (N-methyl/N-ethyl adjacent to an activating group) is 1. The Balaban J connectivity index is 1.86. The first kappa shape index (κ1) is 26.1. The Morgan fingerprint density at radius 1 is 0.971 bits per heavy atom. The summed E-state index contributed by atoms with van der Waals surface area (Å²) in [5.74, 6) is 0.336. The molecule has 0 unspecified atom stereocenters. The molecule has 1 atom stereocenters. The van der Waals surface area contributed by atoms with Gasteiger partial charge in [0.1, 0.15) is 6.04 Å². The monoisotopic (exact) mass is 514 g/mol. The van der Waals surface area contributed by atoms with Crippen LogP contribution in [0.1, 0.15) is 24.5 Å². The second-order valence-corrected chi connectivity index (χ2v) is 9.78. The fourth-order valence-electron chi connectivity index (χ4n) is 3.60. The molecule has 34 heavy (non-hydrogen) atoms. The van der Waals surface area contributed by atoms with E-state index in [0.29, 0.717) is 35.2 Å². The van der Waals surface area contributed by atoms with Crippen molar-refractivity contribution in [3.05, 3.63) is 100 Å². The highest BCUT2D eigenvalue weighted by atomic mass is 35.5. The molecule has 178 valence electrons. The number of hydrogen-bond donors (Lipinski definition) is 1. The molecule has 0 fully saturated rings. The lowest BCUT2D eigenvalue weighted by molar-refractivity contribution is -0.140. The smallest absolute Gasteiger partial charge is 0.243 e. The molecule has 0 heterocycles. The van der Waals surface area contributed by atoms with Gasteiger partial charge in [-0.1, -0.05) is 77.8 Å². The van der Waals surface area contributed by atoms with Crippen molar-refractivity contribution in [2.45, 2.75) is 37.2 Å². The molecule has 0 saturated carbocycles. The zero-order chi connectivity index (χ0) is 24.3. The van der Waals surface area contributed by atoms with Gasteiger partial charge in [0.15, 0.2) is 0 Å². The Morgan fingerprint density at radius 3 is 2.29 bits per heavy atom. The molecule has 1 N–H and O–H groups in total. The van der Waals surface area contributed by atoms with Gasteiger partial charge in [0.05, 0.1) is 0 Å². The van der Waals surface area contributed by atoms with Gasteiger partial charge in [-0.15, -0.1) is 11.8 Å². The quantitative estimate of drug-likeness (QED) is 0.307. The maximum atomic E-state index is 13.5. The fraction of sp³-hybridized carbons (Fsp3) is 0.259. The van der Waals surface area contributed by atoms with E-state index in [9.17, 15) is 9.59 Å². The van der Waals surface area contributed by atoms with Crippen LogP contribution in [0.25, 0.3) is 0 Å². The number of carbonyl (C=O) groups excluding carboxylic acids is 2. The van der Waals surface area contributed by atoms with Crippen LogP contribution in [0.3, 0.4) is 0 Å². The van der Waals surface area contributed by atoms with Crippen LogP contribution in [0.5, 0.6) is 0 Å². The van der Waals surface area contributed by atoms with Crippen molar-refractivity contribution < 1.29 is 9.59 Å². The molecule has 0 aliphatic rings. The summed E-state index contributed by atoms with van der Waals surface area (Å²) in [6.45, 7) is 2.58. The van der Waals surface area contributed by atoms with E-state index < -0.39 is 6.04 Å². The molecule has 4 nitrogen and oxygen atoms in total. The SMILES string of the molecule is CCNC(=O)[C@H](Cc1ccccc1)N(Cc1ccc(Cl)cc1Cl)C(=O)CCSc1ccccc1. The van der Waals surface area contributed by atoms with Crippen molar-refractivity contribution in [2.75, 3.05) is 12.3 Å². The second kappa shape index (κ2) is 13.4. The standard InChI is InChI=1S/C27H28Cl2N2O2S/c1-2-30-27(33)25(17-20-9-5-3-6-10-20)31(19-21-13-14-22(28)18-24(21)29)26(32)15-16-34-23-11-7-4-8-12-23/h3-14,18,25H,2,15-17,19H2,1H3,(H,30,33)/t25-/m0/s1. The van der Waals surface area contributed by atoms with Gasteiger partial charge in [0, 0.05) is 46.6 Å². The van der Waals surface area contributed by atoms with Gasteiger partial charge in [-0.05, 0) is 42.3 Å². The predicted molar refractivity (Wildman–Crippen MR) is 141 cm³/mol. The number of amides is 2. The molecule has 3 aromatic carbocycles. The molecule has 2 amide bonds. The molecule has 0 radical (unpaired) electrons. The predicted octanol–water partition coefficient (Wildman–Crippen LogP) is 6.25. The van der Waals surface area contributed by atoms with Crippen LogP contribution in [0.15, 0.2) is 83.8 Å². The van der Waals surface area contributed by atoms with Crippen molar-refractivity contribution in [1.82, 2.24) is 10.2 Å². The summed E-state index contributed by atoms with van der Waals surface area (Å²) in [5, 5.41) is 3.89. The Hall–Kier alpha value is -2.47. The van der Waals surface area contributed by atoms with Gasteiger partial charge >= 0.3 is 0 Å². The first-order chi connectivity index (χ1) is 16.5. The molecule has 7 heteroatoms. The highest BCUT2D eigenvalue weighted by Gasteiger charge is 2.30. The van der Waals surface area contributed by atoms with Crippen molar-refractivity contribution >= 4 is 46.8 Å². The van der Waals surface area contributed by atoms with E-state index in [1.54, 1.807) is 34.9 Å². The summed E-state index contributed by atoms with van der Waals surface area (Å²) >= 11 is 14.1. The van der Waals surface area contributed by atoms with Crippen molar-refractivity contribution in [3.8, 4) is 0 Å². The maximum absolute atomic E-state index is 13.5.